The molecule has 2 aliphatic rings. The number of hydrogen-bond donors (Lipinski definition) is 2. The van der Waals surface area contributed by atoms with E-state index in [1.807, 2.05) is 52.1 Å². The number of rotatable bonds is 8. The van der Waals surface area contributed by atoms with E-state index in [1.165, 1.54) is 5.56 Å². The first-order chi connectivity index (χ1) is 16.7. The quantitative estimate of drug-likeness (QED) is 0.569. The van der Waals surface area contributed by atoms with E-state index >= 15 is 0 Å². The van der Waals surface area contributed by atoms with Crippen molar-refractivity contribution >= 4 is 17.5 Å². The predicted octanol–water partition coefficient (Wildman–Crippen LogP) is 3.17. The lowest BCUT2D eigenvalue weighted by atomic mass is 10.0. The van der Waals surface area contributed by atoms with Crippen LogP contribution in [0.4, 0.5) is 5.69 Å². The topological polar surface area (TPSA) is 87.9 Å². The number of anilines is 1. The lowest BCUT2D eigenvalue weighted by Gasteiger charge is -2.36. The minimum absolute atomic E-state index is 0.00667. The van der Waals surface area contributed by atoms with Crippen LogP contribution < -0.4 is 15.8 Å². The molecule has 1 aliphatic heterocycles. The second kappa shape index (κ2) is 10.7. The van der Waals surface area contributed by atoms with Gasteiger partial charge in [0.05, 0.1) is 6.54 Å². The fourth-order valence-corrected chi connectivity index (χ4v) is 5.00. The number of nitrogens with one attached hydrogen (secondary N) is 1. The molecule has 7 heteroatoms. The Morgan fingerprint density at radius 3 is 2.49 bits per heavy atom. The zero-order chi connectivity index (χ0) is 25.1. The molecule has 0 spiro atoms. The third-order valence-electron chi connectivity index (χ3n) is 7.69. The van der Waals surface area contributed by atoms with Crippen LogP contribution in [0, 0.1) is 20.8 Å². The molecule has 4 rings (SSSR count). The van der Waals surface area contributed by atoms with Crippen molar-refractivity contribution in [1.82, 2.24) is 15.1 Å². The third kappa shape index (κ3) is 5.96. The molecule has 0 radical (unpaired) electrons. The summed E-state index contributed by atoms with van der Waals surface area (Å²) >= 11 is 0. The van der Waals surface area contributed by atoms with Crippen LogP contribution in [-0.4, -0.2) is 67.0 Å². The number of nitrogen functional groups attached to an aromatic ring is 1. The maximum atomic E-state index is 12.8. The molecular formula is C28H38N4O3. The molecule has 2 atom stereocenters. The van der Waals surface area contributed by atoms with Gasteiger partial charge in [0, 0.05) is 43.8 Å². The average Bonchev–Trinajstić information content (AvgIpc) is 3.63. The summed E-state index contributed by atoms with van der Waals surface area (Å²) in [5.41, 5.74) is 11.1. The van der Waals surface area contributed by atoms with Crippen molar-refractivity contribution in [3.8, 4) is 5.75 Å². The number of ether oxygens (including phenoxy) is 1. The first-order valence-electron chi connectivity index (χ1n) is 12.6. The van der Waals surface area contributed by atoms with E-state index in [0.717, 1.165) is 54.7 Å². The van der Waals surface area contributed by atoms with Crippen molar-refractivity contribution in [2.24, 2.45) is 0 Å². The molecule has 0 bridgehead atoms. The molecule has 7 nitrogen and oxygen atoms in total. The molecular weight excluding hydrogens is 440 g/mol. The molecule has 1 saturated heterocycles. The van der Waals surface area contributed by atoms with Gasteiger partial charge in [-0.2, -0.15) is 0 Å². The number of nitrogens with zero attached hydrogens (tertiary/aromatic N) is 2. The number of likely N-dealkylation sites (tertiary alicyclic amines) is 1. The number of carbonyl (C=O) groups is 2. The predicted molar refractivity (Wildman–Crippen MR) is 139 cm³/mol. The molecule has 188 valence electrons. The molecule has 1 aliphatic carbocycles. The van der Waals surface area contributed by atoms with Gasteiger partial charge in [-0.25, -0.2) is 0 Å². The van der Waals surface area contributed by atoms with Crippen molar-refractivity contribution in [2.75, 3.05) is 39.0 Å². The molecule has 1 saturated carbocycles. The van der Waals surface area contributed by atoms with Crippen molar-refractivity contribution in [2.45, 2.75) is 58.0 Å². The van der Waals surface area contributed by atoms with Gasteiger partial charge in [0.2, 0.25) is 5.91 Å². The summed E-state index contributed by atoms with van der Waals surface area (Å²) in [5.74, 6) is 1.21. The Kier molecular flexibility index (Phi) is 7.65. The summed E-state index contributed by atoms with van der Waals surface area (Å²) < 4.78 is 5.87. The van der Waals surface area contributed by atoms with Gasteiger partial charge in [0.1, 0.15) is 5.75 Å². The van der Waals surface area contributed by atoms with Crippen LogP contribution >= 0.6 is 0 Å². The highest BCUT2D eigenvalue weighted by molar-refractivity contribution is 5.79. The molecule has 3 N–H and O–H groups in total. The molecule has 2 fully saturated rings. The van der Waals surface area contributed by atoms with Crippen molar-refractivity contribution in [3.63, 3.8) is 0 Å². The summed E-state index contributed by atoms with van der Waals surface area (Å²) in [6.07, 6.45) is 2.72. The van der Waals surface area contributed by atoms with Gasteiger partial charge >= 0.3 is 0 Å². The van der Waals surface area contributed by atoms with Crippen molar-refractivity contribution in [1.29, 1.82) is 0 Å². The van der Waals surface area contributed by atoms with E-state index in [0.29, 0.717) is 18.2 Å². The van der Waals surface area contributed by atoms with Crippen LogP contribution in [0.5, 0.6) is 5.75 Å². The van der Waals surface area contributed by atoms with Crippen molar-refractivity contribution < 1.29 is 14.3 Å². The van der Waals surface area contributed by atoms with Crippen LogP contribution in [0.25, 0.3) is 0 Å². The van der Waals surface area contributed by atoms with Crippen LogP contribution in [-0.2, 0) is 9.59 Å². The maximum absolute atomic E-state index is 12.8. The number of carbonyl (C=O) groups excluding carboxylic acids is 2. The second-order valence-corrected chi connectivity index (χ2v) is 10.1. The summed E-state index contributed by atoms with van der Waals surface area (Å²) in [6.45, 7) is 7.91. The van der Waals surface area contributed by atoms with E-state index in [4.69, 9.17) is 10.5 Å². The van der Waals surface area contributed by atoms with Crippen LogP contribution in [0.2, 0.25) is 0 Å². The SMILES string of the molecule is Cc1cc(OCC(=O)N(C)C2CCN(CC(=O)NC3CC3c3ccccc3)CC2)c(C)c(C)c1N. The highest BCUT2D eigenvalue weighted by atomic mass is 16.5. The van der Waals surface area contributed by atoms with Crippen molar-refractivity contribution in [3.05, 3.63) is 58.7 Å². The van der Waals surface area contributed by atoms with Gasteiger partial charge in [0.25, 0.3) is 5.91 Å². The van der Waals surface area contributed by atoms with E-state index < -0.39 is 0 Å². The molecule has 0 aromatic heterocycles. The maximum Gasteiger partial charge on any atom is 0.260 e. The number of likely N-dealkylation sites (N-methyl/N-ethyl adjacent to an activating group) is 1. The average molecular weight is 479 g/mol. The van der Waals surface area contributed by atoms with E-state index in [1.54, 1.807) is 4.90 Å². The third-order valence-corrected chi connectivity index (χ3v) is 7.69. The van der Waals surface area contributed by atoms with Crippen LogP contribution in [0.1, 0.15) is 47.4 Å². The van der Waals surface area contributed by atoms with Crippen LogP contribution in [0.15, 0.2) is 36.4 Å². The molecule has 1 heterocycles. The number of nitrogens with two attached hydrogens (primary N) is 1. The zero-order valence-corrected chi connectivity index (χ0v) is 21.3. The standard InChI is InChI=1S/C28H38N4O3/c1-18-14-25(19(2)20(3)28(18)29)35-17-27(34)31(4)22-10-12-32(13-11-22)16-26(33)30-24-15-23(24)21-8-6-5-7-9-21/h5-9,14,22-24H,10-13,15-17,29H2,1-4H3,(H,30,33). The first-order valence-corrected chi connectivity index (χ1v) is 12.6. The fraction of sp³-hybridized carbons (Fsp3) is 0.500. The van der Waals surface area contributed by atoms with Gasteiger partial charge in [-0.05, 0) is 68.4 Å². The number of hydrogen-bond acceptors (Lipinski definition) is 5. The summed E-state index contributed by atoms with van der Waals surface area (Å²) in [5, 5.41) is 3.18. The highest BCUT2D eigenvalue weighted by Crippen LogP contribution is 2.40. The van der Waals surface area contributed by atoms with Gasteiger partial charge in [-0.1, -0.05) is 30.3 Å². The van der Waals surface area contributed by atoms with Gasteiger partial charge < -0.3 is 20.7 Å². The van der Waals surface area contributed by atoms with E-state index in [2.05, 4.69) is 22.3 Å². The smallest absolute Gasteiger partial charge is 0.260 e. The summed E-state index contributed by atoms with van der Waals surface area (Å²) in [7, 11) is 1.85. The first kappa shape index (κ1) is 25.0. The Morgan fingerprint density at radius 2 is 1.80 bits per heavy atom. The largest absolute Gasteiger partial charge is 0.483 e. The molecule has 35 heavy (non-hydrogen) atoms. The minimum Gasteiger partial charge on any atom is -0.483 e. The molecule has 2 aromatic rings. The number of aryl methyl sites for hydroxylation is 1. The lowest BCUT2D eigenvalue weighted by Crippen LogP contribution is -2.49. The Hall–Kier alpha value is -3.06. The lowest BCUT2D eigenvalue weighted by molar-refractivity contribution is -0.135. The second-order valence-electron chi connectivity index (χ2n) is 10.1. The minimum atomic E-state index is -0.0339. The van der Waals surface area contributed by atoms with Gasteiger partial charge in [-0.3, -0.25) is 14.5 Å². The molecule has 2 unspecified atom stereocenters. The summed E-state index contributed by atoms with van der Waals surface area (Å²) in [4.78, 5) is 29.3. The fourth-order valence-electron chi connectivity index (χ4n) is 5.00. The Morgan fingerprint density at radius 1 is 1.11 bits per heavy atom. The molecule has 2 amide bonds. The number of piperidine rings is 1. The number of benzene rings is 2. The van der Waals surface area contributed by atoms with E-state index in [-0.39, 0.29) is 30.5 Å². The number of amides is 2. The normalized spacial score (nSPS) is 20.3. The monoisotopic (exact) mass is 478 g/mol. The highest BCUT2D eigenvalue weighted by Gasteiger charge is 2.39. The summed E-state index contributed by atoms with van der Waals surface area (Å²) in [6, 6.07) is 12.7. The Balaban J connectivity index is 1.18. The Bertz CT molecular complexity index is 1060. The van der Waals surface area contributed by atoms with E-state index in [9.17, 15) is 9.59 Å². The van der Waals surface area contributed by atoms with Gasteiger partial charge in [0.15, 0.2) is 6.61 Å². The van der Waals surface area contributed by atoms with Crippen LogP contribution in [0.3, 0.4) is 0 Å². The zero-order valence-electron chi connectivity index (χ0n) is 21.3. The Labute approximate surface area is 208 Å². The molecule has 2 aromatic carbocycles. The van der Waals surface area contributed by atoms with Gasteiger partial charge in [-0.15, -0.1) is 0 Å².